The van der Waals surface area contributed by atoms with E-state index in [1.54, 1.807) is 148 Å². The first kappa shape index (κ1) is 46.0. The van der Waals surface area contributed by atoms with Crippen LogP contribution < -0.4 is 0 Å². The second kappa shape index (κ2) is 24.2. The Hall–Kier alpha value is 0. The van der Waals surface area contributed by atoms with Crippen LogP contribution >= 0.6 is 0 Å². The molecule has 12 rings (SSSR count). The maximum Gasteiger partial charge on any atom is -0.0386 e. The van der Waals surface area contributed by atoms with Crippen molar-refractivity contribution in [3.05, 3.63) is 0 Å². The minimum absolute atomic E-state index is 0. The van der Waals surface area contributed by atoms with Gasteiger partial charge in [-0.2, -0.15) is 0 Å². The average molecular weight is 647 g/mol. The highest BCUT2D eigenvalue weighted by molar-refractivity contribution is 4.85. The summed E-state index contributed by atoms with van der Waals surface area (Å²) in [5.41, 5.74) is 0. The maximum atomic E-state index is 1.58. The monoisotopic (exact) mass is 647 g/mol. The number of hydrogen-bond donors (Lipinski definition) is 0. The van der Waals surface area contributed by atoms with Gasteiger partial charge in [-0.15, -0.1) is 0 Å². The van der Waals surface area contributed by atoms with Crippen molar-refractivity contribution in [3.8, 4) is 0 Å². The molecule has 278 valence electrons. The number of hydrogen-bond acceptors (Lipinski definition) is 0. The summed E-state index contributed by atoms with van der Waals surface area (Å²) < 4.78 is 0. The van der Waals surface area contributed by atoms with E-state index in [9.17, 15) is 0 Å². The Morgan fingerprint density at radius 3 is 0.717 bits per heavy atom. The molecule has 12 saturated carbocycles. The Bertz CT molecular complexity index is 597. The number of rotatable bonds is 0. The standard InChI is InChI=1S/5C8H14.6CH4/c1-3-7-5-2-6-8(7)4-1;1-2-8-5-3-7(1)4-6-8;1-2-7-4-5-8(3-1)6-7;1-2-4-8-5-7(3-1)6-8;1-2-4-8-6-5-7(8)3-1;;;;;;/h5*7-8H,1-6H2;6*1H4. The lowest BCUT2D eigenvalue weighted by molar-refractivity contribution is 0.115. The maximum absolute atomic E-state index is 1.58. The molecule has 12 aliphatic rings. The van der Waals surface area contributed by atoms with Gasteiger partial charge in [-0.1, -0.05) is 205 Å². The van der Waals surface area contributed by atoms with Crippen LogP contribution in [0.2, 0.25) is 0 Å². The molecule has 46 heavy (non-hydrogen) atoms. The van der Waals surface area contributed by atoms with Crippen LogP contribution in [0.15, 0.2) is 0 Å². The molecule has 4 atom stereocenters. The van der Waals surface area contributed by atoms with Crippen LogP contribution in [0, 0.1) is 59.2 Å². The highest BCUT2D eigenvalue weighted by atomic mass is 14.4. The SMILES string of the molecule is C.C.C.C.C.C.C1CC2CCC(C1)C2.C1CC2CCC1CC2.C1CC2CCCC2C1.C1CCC2CC(C1)C2.C1CCC2CCC2C1. The molecule has 0 aromatic rings. The topological polar surface area (TPSA) is 0 Å². The Balaban J connectivity index is 0.000000533. The molecule has 6 bridgehead atoms. The summed E-state index contributed by atoms with van der Waals surface area (Å²) in [4.78, 5) is 0. The predicted octanol–water partition coefficient (Wildman–Crippen LogP) is 16.7. The molecular formula is C46H94. The molecule has 0 amide bonds. The van der Waals surface area contributed by atoms with Gasteiger partial charge >= 0.3 is 0 Å². The summed E-state index contributed by atoms with van der Waals surface area (Å²) in [6.07, 6.45) is 46.6. The molecule has 0 aliphatic heterocycles. The van der Waals surface area contributed by atoms with Crippen molar-refractivity contribution >= 4 is 0 Å². The first-order valence-electron chi connectivity index (χ1n) is 19.8. The zero-order valence-electron chi connectivity index (χ0n) is 27.0. The molecule has 0 spiro atoms. The number of fused-ring (bicyclic) bond motifs is 10. The van der Waals surface area contributed by atoms with Gasteiger partial charge in [0, 0.05) is 0 Å². The van der Waals surface area contributed by atoms with E-state index in [-0.39, 0.29) is 44.6 Å². The van der Waals surface area contributed by atoms with E-state index < -0.39 is 0 Å². The third kappa shape index (κ3) is 13.7. The quantitative estimate of drug-likeness (QED) is 0.246. The van der Waals surface area contributed by atoms with E-state index in [4.69, 9.17) is 0 Å². The van der Waals surface area contributed by atoms with Gasteiger partial charge in [-0.25, -0.2) is 0 Å². The summed E-state index contributed by atoms with van der Waals surface area (Å²) >= 11 is 0. The molecule has 0 radical (unpaired) electrons. The smallest absolute Gasteiger partial charge is 0.0386 e. The molecule has 0 N–H and O–H groups in total. The normalized spacial score (nSPS) is 39.1. The minimum Gasteiger partial charge on any atom is -0.0776 e. The van der Waals surface area contributed by atoms with Gasteiger partial charge in [0.2, 0.25) is 0 Å². The van der Waals surface area contributed by atoms with Gasteiger partial charge in [-0.3, -0.25) is 0 Å². The third-order valence-electron chi connectivity index (χ3n) is 14.6. The van der Waals surface area contributed by atoms with E-state index in [1.807, 2.05) is 0 Å². The Labute approximate surface area is 295 Å². The van der Waals surface area contributed by atoms with E-state index in [2.05, 4.69) is 0 Å². The van der Waals surface area contributed by atoms with Gasteiger partial charge in [0.25, 0.3) is 0 Å². The van der Waals surface area contributed by atoms with Crippen molar-refractivity contribution in [2.45, 2.75) is 237 Å². The zero-order valence-corrected chi connectivity index (χ0v) is 27.0. The highest BCUT2D eigenvalue weighted by Crippen LogP contribution is 2.46. The first-order valence-corrected chi connectivity index (χ1v) is 19.8. The molecule has 0 saturated heterocycles. The fourth-order valence-electron chi connectivity index (χ4n) is 11.6. The first-order chi connectivity index (χ1) is 19.8. The Kier molecular flexibility index (Phi) is 24.2. The van der Waals surface area contributed by atoms with Crippen molar-refractivity contribution < 1.29 is 0 Å². The second-order valence-electron chi connectivity index (χ2n) is 17.2. The van der Waals surface area contributed by atoms with E-state index in [0.29, 0.717) is 0 Å². The lowest BCUT2D eigenvalue weighted by Gasteiger charge is -2.40. The molecule has 12 fully saturated rings. The molecule has 0 nitrogen and oxygen atoms in total. The van der Waals surface area contributed by atoms with Gasteiger partial charge < -0.3 is 0 Å². The van der Waals surface area contributed by atoms with E-state index >= 15 is 0 Å². The van der Waals surface area contributed by atoms with Gasteiger partial charge in [-0.05, 0) is 91.3 Å². The van der Waals surface area contributed by atoms with Crippen molar-refractivity contribution in [1.29, 1.82) is 0 Å². The predicted molar refractivity (Wildman–Crippen MR) is 214 cm³/mol. The summed E-state index contributed by atoms with van der Waals surface area (Å²) in [7, 11) is 0. The van der Waals surface area contributed by atoms with Gasteiger partial charge in [0.1, 0.15) is 0 Å². The fraction of sp³-hybridized carbons (Fsp3) is 1.00. The molecule has 0 heterocycles. The van der Waals surface area contributed by atoms with E-state index in [1.165, 1.54) is 80.5 Å². The van der Waals surface area contributed by atoms with Crippen LogP contribution in [0.1, 0.15) is 237 Å². The highest BCUT2D eigenvalue weighted by Gasteiger charge is 2.33. The summed E-state index contributed by atoms with van der Waals surface area (Å²) in [6.45, 7) is 0. The lowest BCUT2D eigenvalue weighted by atomic mass is 9.66. The molecule has 4 unspecified atom stereocenters. The molecule has 0 aromatic carbocycles. The summed E-state index contributed by atoms with van der Waals surface area (Å²) in [5.74, 6) is 11.7. The molecule has 12 aliphatic carbocycles. The zero-order chi connectivity index (χ0) is 27.0. The van der Waals surface area contributed by atoms with Crippen LogP contribution in [-0.2, 0) is 0 Å². The molecule has 0 heteroatoms. The van der Waals surface area contributed by atoms with Gasteiger partial charge in [0.15, 0.2) is 0 Å². The summed E-state index contributed by atoms with van der Waals surface area (Å²) in [5, 5.41) is 0. The molecule has 0 aromatic heterocycles. The average Bonchev–Trinajstić information content (AvgIpc) is 3.59. The third-order valence-corrected chi connectivity index (χ3v) is 14.6. The van der Waals surface area contributed by atoms with Crippen molar-refractivity contribution in [2.75, 3.05) is 0 Å². The molecular weight excluding hydrogens is 553 g/mol. The van der Waals surface area contributed by atoms with Crippen LogP contribution in [0.4, 0.5) is 0 Å². The second-order valence-corrected chi connectivity index (χ2v) is 17.2. The minimum atomic E-state index is 0. The van der Waals surface area contributed by atoms with Gasteiger partial charge in [0.05, 0.1) is 0 Å². The van der Waals surface area contributed by atoms with Crippen LogP contribution in [0.3, 0.4) is 0 Å². The van der Waals surface area contributed by atoms with Crippen molar-refractivity contribution in [1.82, 2.24) is 0 Å². The van der Waals surface area contributed by atoms with E-state index in [0.717, 1.165) is 23.7 Å². The van der Waals surface area contributed by atoms with Crippen LogP contribution in [-0.4, -0.2) is 0 Å². The van der Waals surface area contributed by atoms with Crippen molar-refractivity contribution in [3.63, 3.8) is 0 Å². The van der Waals surface area contributed by atoms with Crippen LogP contribution in [0.5, 0.6) is 0 Å². The van der Waals surface area contributed by atoms with Crippen molar-refractivity contribution in [2.24, 2.45) is 59.2 Å². The lowest BCUT2D eigenvalue weighted by Crippen LogP contribution is -2.28. The summed E-state index contributed by atoms with van der Waals surface area (Å²) in [6, 6.07) is 0. The Morgan fingerprint density at radius 2 is 0.413 bits per heavy atom. The Morgan fingerprint density at radius 1 is 0.174 bits per heavy atom. The largest absolute Gasteiger partial charge is 0.0776 e. The fourth-order valence-corrected chi connectivity index (χ4v) is 11.6. The van der Waals surface area contributed by atoms with Crippen LogP contribution in [0.25, 0.3) is 0 Å².